The van der Waals surface area contributed by atoms with Gasteiger partial charge in [-0.3, -0.25) is 14.5 Å². The van der Waals surface area contributed by atoms with Gasteiger partial charge < -0.3 is 10.4 Å². The van der Waals surface area contributed by atoms with Crippen molar-refractivity contribution >= 4 is 17.6 Å². The molecule has 1 atom stereocenters. The van der Waals surface area contributed by atoms with Gasteiger partial charge in [0.2, 0.25) is 5.91 Å². The van der Waals surface area contributed by atoms with E-state index < -0.39 is 17.8 Å². The average Bonchev–Trinajstić information content (AvgIpc) is 2.48. The van der Waals surface area contributed by atoms with Crippen molar-refractivity contribution in [3.05, 3.63) is 30.1 Å². The van der Waals surface area contributed by atoms with Gasteiger partial charge in [0.25, 0.3) is 0 Å². The van der Waals surface area contributed by atoms with Crippen LogP contribution in [0.4, 0.5) is 10.1 Å². The van der Waals surface area contributed by atoms with Crippen molar-refractivity contribution in [2.45, 2.75) is 31.7 Å². The molecule has 0 spiro atoms. The van der Waals surface area contributed by atoms with Gasteiger partial charge in [-0.1, -0.05) is 18.6 Å². The van der Waals surface area contributed by atoms with Crippen LogP contribution in [0.15, 0.2) is 24.3 Å². The summed E-state index contributed by atoms with van der Waals surface area (Å²) in [6.45, 7) is 1.06. The standard InChI is InChI=1S/C15H19FN2O3/c16-11-5-1-2-6-12(11)17-14(19)8-10-18-9-4-3-7-13(18)15(20)21/h1-2,5-6,13H,3-4,7-10H2,(H,17,19)(H,20,21). The highest BCUT2D eigenvalue weighted by Gasteiger charge is 2.28. The number of piperidine rings is 1. The number of halogens is 1. The highest BCUT2D eigenvalue weighted by Crippen LogP contribution is 2.18. The lowest BCUT2D eigenvalue weighted by Gasteiger charge is -2.32. The third kappa shape index (κ3) is 4.26. The van der Waals surface area contributed by atoms with E-state index in [2.05, 4.69) is 5.32 Å². The molecule has 0 saturated carbocycles. The van der Waals surface area contributed by atoms with Gasteiger partial charge in [0, 0.05) is 13.0 Å². The highest BCUT2D eigenvalue weighted by molar-refractivity contribution is 5.90. The van der Waals surface area contributed by atoms with Crippen molar-refractivity contribution in [2.24, 2.45) is 0 Å². The molecule has 2 N–H and O–H groups in total. The molecule has 0 bridgehead atoms. The van der Waals surface area contributed by atoms with E-state index in [1.165, 1.54) is 12.1 Å². The molecule has 1 aliphatic rings. The second kappa shape index (κ2) is 7.17. The predicted octanol–water partition coefficient (Wildman–Crippen LogP) is 2.09. The summed E-state index contributed by atoms with van der Waals surface area (Å²) >= 11 is 0. The van der Waals surface area contributed by atoms with Gasteiger partial charge in [-0.2, -0.15) is 0 Å². The number of carboxylic acids is 1. The maximum Gasteiger partial charge on any atom is 0.320 e. The Bertz CT molecular complexity index is 521. The fourth-order valence-corrected chi connectivity index (χ4v) is 2.56. The first-order chi connectivity index (χ1) is 10.1. The van der Waals surface area contributed by atoms with Gasteiger partial charge in [-0.25, -0.2) is 4.39 Å². The number of hydrogen-bond donors (Lipinski definition) is 2. The minimum Gasteiger partial charge on any atom is -0.480 e. The summed E-state index contributed by atoms with van der Waals surface area (Å²) in [6, 6.07) is 5.45. The summed E-state index contributed by atoms with van der Waals surface area (Å²) in [5, 5.41) is 11.7. The average molecular weight is 294 g/mol. The topological polar surface area (TPSA) is 69.6 Å². The van der Waals surface area contributed by atoms with Crippen LogP contribution >= 0.6 is 0 Å². The molecule has 0 aliphatic carbocycles. The van der Waals surface area contributed by atoms with Crippen molar-refractivity contribution in [1.29, 1.82) is 0 Å². The van der Waals surface area contributed by atoms with Crippen molar-refractivity contribution in [3.63, 3.8) is 0 Å². The number of nitrogens with one attached hydrogen (secondary N) is 1. The van der Waals surface area contributed by atoms with Crippen molar-refractivity contribution in [2.75, 3.05) is 18.4 Å². The van der Waals surface area contributed by atoms with Crippen LogP contribution in [0, 0.1) is 5.82 Å². The Hall–Kier alpha value is -1.95. The van der Waals surface area contributed by atoms with Crippen LogP contribution in [0.3, 0.4) is 0 Å². The molecule has 1 aromatic carbocycles. The lowest BCUT2D eigenvalue weighted by atomic mass is 10.0. The maximum absolute atomic E-state index is 13.4. The van der Waals surface area contributed by atoms with E-state index in [1.54, 1.807) is 12.1 Å². The largest absolute Gasteiger partial charge is 0.480 e. The number of aliphatic carboxylic acids is 1. The molecule has 1 aliphatic heterocycles. The Morgan fingerprint density at radius 2 is 2.10 bits per heavy atom. The number of rotatable bonds is 5. The number of para-hydroxylation sites is 1. The molecular weight excluding hydrogens is 275 g/mol. The lowest BCUT2D eigenvalue weighted by molar-refractivity contribution is -0.144. The number of carbonyl (C=O) groups excluding carboxylic acids is 1. The van der Waals surface area contributed by atoms with E-state index >= 15 is 0 Å². The number of carbonyl (C=O) groups is 2. The summed E-state index contributed by atoms with van der Waals surface area (Å²) in [6.07, 6.45) is 2.61. The van der Waals surface area contributed by atoms with E-state index in [4.69, 9.17) is 5.11 Å². The SMILES string of the molecule is O=C(CCN1CCCCC1C(=O)O)Nc1ccccc1F. The zero-order chi connectivity index (χ0) is 15.2. The molecule has 1 amide bonds. The number of amides is 1. The van der Waals surface area contributed by atoms with Crippen molar-refractivity contribution < 1.29 is 19.1 Å². The molecule has 1 unspecified atom stereocenters. The van der Waals surface area contributed by atoms with Gasteiger partial charge in [0.05, 0.1) is 5.69 Å². The quantitative estimate of drug-likeness (QED) is 0.872. The molecular formula is C15H19FN2O3. The van der Waals surface area contributed by atoms with E-state index in [0.29, 0.717) is 19.5 Å². The Labute approximate surface area is 122 Å². The summed E-state index contributed by atoms with van der Waals surface area (Å²) in [5.41, 5.74) is 0.149. The molecule has 1 saturated heterocycles. The summed E-state index contributed by atoms with van der Waals surface area (Å²) in [4.78, 5) is 24.8. The number of hydrogen-bond acceptors (Lipinski definition) is 3. The van der Waals surface area contributed by atoms with Crippen LogP contribution in [0.1, 0.15) is 25.7 Å². The summed E-state index contributed by atoms with van der Waals surface area (Å²) in [7, 11) is 0. The Morgan fingerprint density at radius 1 is 1.33 bits per heavy atom. The number of benzene rings is 1. The van der Waals surface area contributed by atoms with Crippen LogP contribution in [0.25, 0.3) is 0 Å². The van der Waals surface area contributed by atoms with Crippen LogP contribution in [0.5, 0.6) is 0 Å². The Kier molecular flexibility index (Phi) is 5.27. The molecule has 0 aromatic heterocycles. The summed E-state index contributed by atoms with van der Waals surface area (Å²) in [5.74, 6) is -1.63. The first kappa shape index (κ1) is 15.4. The molecule has 2 rings (SSSR count). The zero-order valence-electron chi connectivity index (χ0n) is 11.7. The third-order valence-corrected chi connectivity index (χ3v) is 3.67. The number of anilines is 1. The number of nitrogens with zero attached hydrogens (tertiary/aromatic N) is 1. The molecule has 21 heavy (non-hydrogen) atoms. The Morgan fingerprint density at radius 3 is 2.81 bits per heavy atom. The van der Waals surface area contributed by atoms with Crippen molar-refractivity contribution in [1.82, 2.24) is 4.90 Å². The first-order valence-corrected chi connectivity index (χ1v) is 7.09. The molecule has 1 aromatic rings. The maximum atomic E-state index is 13.4. The van der Waals surface area contributed by atoms with Crippen LogP contribution in [-0.4, -0.2) is 41.0 Å². The zero-order valence-corrected chi connectivity index (χ0v) is 11.7. The number of likely N-dealkylation sites (tertiary alicyclic amines) is 1. The molecule has 5 nitrogen and oxygen atoms in total. The second-order valence-electron chi connectivity index (χ2n) is 5.16. The molecule has 1 fully saturated rings. The van der Waals surface area contributed by atoms with Gasteiger partial charge in [-0.15, -0.1) is 0 Å². The van der Waals surface area contributed by atoms with Crippen LogP contribution < -0.4 is 5.32 Å². The minimum atomic E-state index is -0.843. The van der Waals surface area contributed by atoms with E-state index in [9.17, 15) is 14.0 Å². The normalized spacial score (nSPS) is 19.2. The van der Waals surface area contributed by atoms with Gasteiger partial charge in [0.15, 0.2) is 0 Å². The van der Waals surface area contributed by atoms with E-state index in [0.717, 1.165) is 12.8 Å². The fourth-order valence-electron chi connectivity index (χ4n) is 2.56. The molecule has 1 heterocycles. The smallest absolute Gasteiger partial charge is 0.320 e. The fraction of sp³-hybridized carbons (Fsp3) is 0.467. The molecule has 6 heteroatoms. The second-order valence-corrected chi connectivity index (χ2v) is 5.16. The van der Waals surface area contributed by atoms with Crippen molar-refractivity contribution in [3.8, 4) is 0 Å². The predicted molar refractivity (Wildman–Crippen MR) is 76.5 cm³/mol. The third-order valence-electron chi connectivity index (χ3n) is 3.67. The van der Waals surface area contributed by atoms with E-state index in [-0.39, 0.29) is 18.0 Å². The van der Waals surface area contributed by atoms with E-state index in [1.807, 2.05) is 4.90 Å². The molecule has 114 valence electrons. The summed E-state index contributed by atoms with van der Waals surface area (Å²) < 4.78 is 13.4. The first-order valence-electron chi connectivity index (χ1n) is 7.09. The van der Waals surface area contributed by atoms with Gasteiger partial charge >= 0.3 is 5.97 Å². The van der Waals surface area contributed by atoms with Crippen LogP contribution in [0.2, 0.25) is 0 Å². The minimum absolute atomic E-state index is 0.149. The van der Waals surface area contributed by atoms with Gasteiger partial charge in [-0.05, 0) is 31.5 Å². The monoisotopic (exact) mass is 294 g/mol. The Balaban J connectivity index is 1.86. The molecule has 0 radical (unpaired) electrons. The van der Waals surface area contributed by atoms with Gasteiger partial charge in [0.1, 0.15) is 11.9 Å². The number of carboxylic acid groups (broad SMARTS) is 1. The van der Waals surface area contributed by atoms with Crippen LogP contribution in [-0.2, 0) is 9.59 Å². The lowest BCUT2D eigenvalue weighted by Crippen LogP contribution is -2.45. The highest BCUT2D eigenvalue weighted by atomic mass is 19.1.